The molecule has 6 nitrogen and oxygen atoms in total. The summed E-state index contributed by atoms with van der Waals surface area (Å²) in [6, 6.07) is 3.34. The number of H-pyrrole nitrogens is 1. The number of anilines is 2. The van der Waals surface area contributed by atoms with Crippen molar-refractivity contribution in [3.05, 3.63) is 57.0 Å². The lowest BCUT2D eigenvalue weighted by atomic mass is 9.75. The van der Waals surface area contributed by atoms with Gasteiger partial charge < -0.3 is 15.2 Å². The van der Waals surface area contributed by atoms with Crippen LogP contribution in [0.2, 0.25) is 0 Å². The standard InChI is InChI=1S/C22H23F2N3O3/c1-22(2)10-17-13(18(28)11-22)9-14(21(30)26-17)20(29)25-12-7-15(23)19(16(24)8-12)27-5-3-4-6-27/h7-9H,3-6,10-11H2,1-2H3,(H,25,29)(H,26,30). The molecule has 2 N–H and O–H groups in total. The van der Waals surface area contributed by atoms with Crippen LogP contribution in [-0.4, -0.2) is 29.8 Å². The summed E-state index contributed by atoms with van der Waals surface area (Å²) in [5.74, 6) is -2.53. The van der Waals surface area contributed by atoms with Gasteiger partial charge in [-0.05, 0) is 42.9 Å². The van der Waals surface area contributed by atoms with Gasteiger partial charge in [-0.1, -0.05) is 13.8 Å². The van der Waals surface area contributed by atoms with E-state index >= 15 is 0 Å². The average Bonchev–Trinajstić information content (AvgIpc) is 3.13. The molecule has 0 radical (unpaired) electrons. The van der Waals surface area contributed by atoms with E-state index in [2.05, 4.69) is 10.3 Å². The summed E-state index contributed by atoms with van der Waals surface area (Å²) in [7, 11) is 0. The third-order valence-corrected chi connectivity index (χ3v) is 5.66. The Bertz CT molecular complexity index is 1080. The minimum absolute atomic E-state index is 0.0949. The number of pyridine rings is 1. The summed E-state index contributed by atoms with van der Waals surface area (Å²) in [4.78, 5) is 41.7. The van der Waals surface area contributed by atoms with E-state index in [9.17, 15) is 23.2 Å². The van der Waals surface area contributed by atoms with E-state index in [-0.39, 0.29) is 28.1 Å². The van der Waals surface area contributed by atoms with Crippen LogP contribution in [0.15, 0.2) is 23.0 Å². The van der Waals surface area contributed by atoms with Gasteiger partial charge >= 0.3 is 0 Å². The summed E-state index contributed by atoms with van der Waals surface area (Å²) < 4.78 is 29.0. The molecular weight excluding hydrogens is 392 g/mol. The Morgan fingerprint density at radius 2 is 1.70 bits per heavy atom. The molecule has 0 atom stereocenters. The number of carbonyl (C=O) groups is 2. The van der Waals surface area contributed by atoms with Gasteiger partial charge in [-0.15, -0.1) is 0 Å². The Labute approximate surface area is 172 Å². The number of nitrogens with zero attached hydrogens (tertiary/aromatic N) is 1. The molecule has 0 spiro atoms. The highest BCUT2D eigenvalue weighted by Crippen LogP contribution is 2.33. The van der Waals surface area contributed by atoms with E-state index in [1.165, 1.54) is 6.07 Å². The van der Waals surface area contributed by atoms with Crippen LogP contribution in [0.4, 0.5) is 20.2 Å². The van der Waals surface area contributed by atoms with Crippen molar-refractivity contribution in [1.82, 2.24) is 4.98 Å². The van der Waals surface area contributed by atoms with Crippen LogP contribution in [0.3, 0.4) is 0 Å². The highest BCUT2D eigenvalue weighted by Gasteiger charge is 2.32. The Balaban J connectivity index is 1.61. The number of hydrogen-bond acceptors (Lipinski definition) is 4. The zero-order valence-corrected chi connectivity index (χ0v) is 16.9. The lowest BCUT2D eigenvalue weighted by Gasteiger charge is -2.29. The fourth-order valence-electron chi connectivity index (χ4n) is 4.28. The molecule has 158 valence electrons. The molecule has 30 heavy (non-hydrogen) atoms. The van der Waals surface area contributed by atoms with Crippen molar-refractivity contribution in [1.29, 1.82) is 0 Å². The molecule has 2 heterocycles. The largest absolute Gasteiger partial charge is 0.367 e. The number of benzene rings is 1. The quantitative estimate of drug-likeness (QED) is 0.802. The van der Waals surface area contributed by atoms with Gasteiger partial charge in [0.25, 0.3) is 11.5 Å². The van der Waals surface area contributed by atoms with Crippen molar-refractivity contribution in [3.8, 4) is 0 Å². The number of aromatic amines is 1. The summed E-state index contributed by atoms with van der Waals surface area (Å²) in [5, 5.41) is 2.37. The van der Waals surface area contributed by atoms with E-state index in [1.807, 2.05) is 13.8 Å². The van der Waals surface area contributed by atoms with Crippen LogP contribution in [0.1, 0.15) is 59.5 Å². The van der Waals surface area contributed by atoms with Crippen molar-refractivity contribution in [2.75, 3.05) is 23.3 Å². The van der Waals surface area contributed by atoms with E-state index < -0.39 is 23.1 Å². The third-order valence-electron chi connectivity index (χ3n) is 5.66. The number of fused-ring (bicyclic) bond motifs is 1. The van der Waals surface area contributed by atoms with E-state index in [4.69, 9.17) is 0 Å². The first kappa shape index (κ1) is 20.3. The zero-order valence-electron chi connectivity index (χ0n) is 16.9. The third kappa shape index (κ3) is 3.74. The molecule has 0 saturated carbocycles. The Kier molecular flexibility index (Phi) is 4.95. The van der Waals surface area contributed by atoms with Crippen LogP contribution >= 0.6 is 0 Å². The van der Waals surface area contributed by atoms with E-state index in [0.29, 0.717) is 37.2 Å². The van der Waals surface area contributed by atoms with Crippen molar-refractivity contribution >= 4 is 23.1 Å². The van der Waals surface area contributed by atoms with E-state index in [0.717, 1.165) is 25.0 Å². The molecule has 1 saturated heterocycles. The number of rotatable bonds is 3. The maximum absolute atomic E-state index is 14.5. The van der Waals surface area contributed by atoms with Crippen LogP contribution in [0, 0.1) is 17.0 Å². The fraction of sp³-hybridized carbons (Fsp3) is 0.409. The van der Waals surface area contributed by atoms with Crippen LogP contribution in [0.25, 0.3) is 0 Å². The molecule has 1 amide bonds. The summed E-state index contributed by atoms with van der Waals surface area (Å²) in [5.41, 5.74) is -0.584. The zero-order chi connectivity index (χ0) is 21.6. The Hall–Kier alpha value is -3.03. The van der Waals surface area contributed by atoms with Gasteiger partial charge in [-0.2, -0.15) is 0 Å². The van der Waals surface area contributed by atoms with Gasteiger partial charge in [-0.25, -0.2) is 8.78 Å². The first-order valence-corrected chi connectivity index (χ1v) is 9.99. The molecule has 2 aliphatic rings. The Morgan fingerprint density at radius 1 is 1.07 bits per heavy atom. The highest BCUT2D eigenvalue weighted by molar-refractivity contribution is 6.06. The van der Waals surface area contributed by atoms with E-state index in [1.54, 1.807) is 4.90 Å². The molecule has 2 aromatic rings. The topological polar surface area (TPSA) is 82.3 Å². The number of hydrogen-bond donors (Lipinski definition) is 2. The van der Waals surface area contributed by atoms with Crippen molar-refractivity contribution in [2.24, 2.45) is 5.41 Å². The molecular formula is C22H23F2N3O3. The fourth-order valence-corrected chi connectivity index (χ4v) is 4.28. The van der Waals surface area contributed by atoms with Gasteiger partial charge in [0.2, 0.25) is 0 Å². The van der Waals surface area contributed by atoms with Gasteiger partial charge in [0.05, 0.1) is 0 Å². The normalized spacial score (nSPS) is 17.7. The lowest BCUT2D eigenvalue weighted by Crippen LogP contribution is -2.32. The smallest absolute Gasteiger partial charge is 0.261 e. The number of aromatic nitrogens is 1. The maximum Gasteiger partial charge on any atom is 0.261 e. The van der Waals surface area contributed by atoms with Crippen LogP contribution in [-0.2, 0) is 6.42 Å². The molecule has 0 unspecified atom stereocenters. The number of carbonyl (C=O) groups excluding carboxylic acids is 2. The second kappa shape index (κ2) is 7.34. The maximum atomic E-state index is 14.5. The summed E-state index contributed by atoms with van der Waals surface area (Å²) in [6.07, 6.45) is 2.56. The molecule has 1 aliphatic heterocycles. The first-order chi connectivity index (χ1) is 14.1. The minimum Gasteiger partial charge on any atom is -0.367 e. The predicted molar refractivity (Wildman–Crippen MR) is 109 cm³/mol. The number of Topliss-reactive ketones (excluding diaryl/α,β-unsaturated/α-hetero) is 1. The van der Waals surface area contributed by atoms with Gasteiger partial charge in [-0.3, -0.25) is 14.4 Å². The Morgan fingerprint density at radius 3 is 2.33 bits per heavy atom. The van der Waals surface area contributed by atoms with Gasteiger partial charge in [0.1, 0.15) is 11.3 Å². The summed E-state index contributed by atoms with van der Waals surface area (Å²) in [6.45, 7) is 5.02. The van der Waals surface area contributed by atoms with Gasteiger partial charge in [0, 0.05) is 36.5 Å². The predicted octanol–water partition coefficient (Wildman–Crippen LogP) is 3.66. The van der Waals surface area contributed by atoms with Crippen LogP contribution in [0.5, 0.6) is 0 Å². The second-order valence-corrected chi connectivity index (χ2v) is 8.78. The molecule has 1 aliphatic carbocycles. The first-order valence-electron chi connectivity index (χ1n) is 9.99. The highest BCUT2D eigenvalue weighted by atomic mass is 19.1. The second-order valence-electron chi connectivity index (χ2n) is 8.78. The minimum atomic E-state index is -0.829. The molecule has 1 fully saturated rings. The number of halogens is 2. The molecule has 0 bridgehead atoms. The molecule has 1 aromatic carbocycles. The van der Waals surface area contributed by atoms with Crippen molar-refractivity contribution in [3.63, 3.8) is 0 Å². The number of ketones is 1. The van der Waals surface area contributed by atoms with Crippen molar-refractivity contribution in [2.45, 2.75) is 39.5 Å². The number of nitrogens with one attached hydrogen (secondary N) is 2. The monoisotopic (exact) mass is 415 g/mol. The van der Waals surface area contributed by atoms with Crippen LogP contribution < -0.4 is 15.8 Å². The summed E-state index contributed by atoms with van der Waals surface area (Å²) >= 11 is 0. The van der Waals surface area contributed by atoms with Gasteiger partial charge in [0.15, 0.2) is 17.4 Å². The molecule has 4 rings (SSSR count). The molecule has 8 heteroatoms. The van der Waals surface area contributed by atoms with Crippen molar-refractivity contribution < 1.29 is 18.4 Å². The number of amides is 1. The average molecular weight is 415 g/mol. The SMILES string of the molecule is CC1(C)CC(=O)c2cc(C(=O)Nc3cc(F)c(N4CCCC4)c(F)c3)c(=O)[nH]c2C1. The lowest BCUT2D eigenvalue weighted by molar-refractivity contribution is 0.0910. The molecule has 1 aromatic heterocycles.